The van der Waals surface area contributed by atoms with Gasteiger partial charge in [0.25, 0.3) is 0 Å². The molecule has 6 nitrogen and oxygen atoms in total. The second-order valence-electron chi connectivity index (χ2n) is 5.21. The number of aromatic nitrogens is 2. The summed E-state index contributed by atoms with van der Waals surface area (Å²) in [6, 6.07) is 5.78. The Morgan fingerprint density at radius 2 is 2.18 bits per heavy atom. The van der Waals surface area contributed by atoms with Gasteiger partial charge in [0.2, 0.25) is 5.91 Å². The molecule has 0 spiro atoms. The smallest absolute Gasteiger partial charge is 0.220 e. The number of hydrogen-bond acceptors (Lipinski definition) is 6. The third-order valence-corrected chi connectivity index (χ3v) is 4.19. The van der Waals surface area contributed by atoms with E-state index in [0.717, 1.165) is 23.0 Å². The van der Waals surface area contributed by atoms with Crippen LogP contribution in [0.25, 0.3) is 11.0 Å². The number of terminal acetylenes is 1. The van der Waals surface area contributed by atoms with Crippen molar-refractivity contribution in [3.8, 4) is 12.3 Å². The van der Waals surface area contributed by atoms with Gasteiger partial charge in [-0.05, 0) is 6.07 Å². The molecule has 1 N–H and O–H groups in total. The lowest BCUT2D eigenvalue weighted by molar-refractivity contribution is -0.121. The van der Waals surface area contributed by atoms with E-state index >= 15 is 0 Å². The molecule has 7 heteroatoms. The first-order valence-electron chi connectivity index (χ1n) is 7.07. The van der Waals surface area contributed by atoms with Crippen molar-refractivity contribution in [2.45, 2.75) is 37.9 Å². The molecule has 0 radical (unpaired) electrons. The Morgan fingerprint density at radius 3 is 2.95 bits per heavy atom. The second kappa shape index (κ2) is 6.20. The van der Waals surface area contributed by atoms with Gasteiger partial charge in [0.1, 0.15) is 11.0 Å². The quantitative estimate of drug-likeness (QED) is 0.798. The maximum atomic E-state index is 12.0. The molecule has 0 saturated heterocycles. The van der Waals surface area contributed by atoms with Gasteiger partial charge in [-0.2, -0.15) is 19.0 Å². The summed E-state index contributed by atoms with van der Waals surface area (Å²) in [6.07, 6.45) is 7.61. The number of nitrogens with zero attached hydrogens (tertiary/aromatic N) is 4. The minimum Gasteiger partial charge on any atom is -0.352 e. The fourth-order valence-electron chi connectivity index (χ4n) is 2.27. The third kappa shape index (κ3) is 3.28. The first-order valence-corrected chi connectivity index (χ1v) is 7.80. The molecule has 0 atom stereocenters. The Hall–Kier alpha value is -2.33. The van der Waals surface area contributed by atoms with E-state index in [0.29, 0.717) is 25.8 Å². The molecular weight excluding hydrogens is 298 g/mol. The van der Waals surface area contributed by atoms with Crippen molar-refractivity contribution in [2.75, 3.05) is 0 Å². The molecule has 0 saturated carbocycles. The van der Waals surface area contributed by atoms with Gasteiger partial charge in [-0.25, -0.2) is 0 Å². The van der Waals surface area contributed by atoms with E-state index in [-0.39, 0.29) is 5.91 Å². The summed E-state index contributed by atoms with van der Waals surface area (Å²) in [7, 11) is 0. The Morgan fingerprint density at radius 1 is 1.32 bits per heavy atom. The van der Waals surface area contributed by atoms with Crippen molar-refractivity contribution >= 4 is 28.7 Å². The van der Waals surface area contributed by atoms with Crippen LogP contribution >= 0.6 is 11.7 Å². The van der Waals surface area contributed by atoms with Gasteiger partial charge >= 0.3 is 0 Å². The minimum absolute atomic E-state index is 0.0161. The lowest BCUT2D eigenvalue weighted by atomic mass is 10.0. The van der Waals surface area contributed by atoms with E-state index < -0.39 is 5.66 Å². The van der Waals surface area contributed by atoms with Crippen LogP contribution in [0.15, 0.2) is 28.4 Å². The van der Waals surface area contributed by atoms with E-state index in [2.05, 4.69) is 30.2 Å². The fraction of sp³-hybridized carbons (Fsp3) is 0.400. The Balaban J connectivity index is 1.49. The van der Waals surface area contributed by atoms with E-state index in [1.165, 1.54) is 11.7 Å². The van der Waals surface area contributed by atoms with Crippen molar-refractivity contribution in [3.63, 3.8) is 0 Å². The molecule has 1 aliphatic heterocycles. The summed E-state index contributed by atoms with van der Waals surface area (Å²) >= 11 is 1.18. The zero-order valence-corrected chi connectivity index (χ0v) is 12.8. The van der Waals surface area contributed by atoms with Gasteiger partial charge in [0.15, 0.2) is 5.66 Å². The van der Waals surface area contributed by atoms with Gasteiger partial charge < -0.3 is 5.32 Å². The second-order valence-corrected chi connectivity index (χ2v) is 5.74. The van der Waals surface area contributed by atoms with Crippen LogP contribution in [0.2, 0.25) is 0 Å². The van der Waals surface area contributed by atoms with E-state index in [4.69, 9.17) is 6.42 Å². The molecule has 1 aromatic carbocycles. The number of nitrogens with one attached hydrogen (secondary N) is 1. The molecule has 112 valence electrons. The van der Waals surface area contributed by atoms with Crippen molar-refractivity contribution in [3.05, 3.63) is 23.8 Å². The summed E-state index contributed by atoms with van der Waals surface area (Å²) in [5.74, 6) is 2.56. The zero-order valence-electron chi connectivity index (χ0n) is 12.0. The highest BCUT2D eigenvalue weighted by Crippen LogP contribution is 2.37. The van der Waals surface area contributed by atoms with Gasteiger partial charge in [-0.15, -0.1) is 12.3 Å². The highest BCUT2D eigenvalue weighted by atomic mass is 32.1. The molecular formula is C15H15N5OS. The van der Waals surface area contributed by atoms with Gasteiger partial charge in [-0.3, -0.25) is 4.79 Å². The van der Waals surface area contributed by atoms with Crippen LogP contribution in [0.1, 0.15) is 31.2 Å². The number of hydrogen-bond donors (Lipinski definition) is 1. The maximum absolute atomic E-state index is 12.0. The summed E-state index contributed by atoms with van der Waals surface area (Å²) in [4.78, 5) is 12.0. The molecule has 0 unspecified atom stereocenters. The van der Waals surface area contributed by atoms with E-state index in [9.17, 15) is 4.79 Å². The van der Waals surface area contributed by atoms with Crippen LogP contribution < -0.4 is 5.32 Å². The largest absolute Gasteiger partial charge is 0.352 e. The Kier molecular flexibility index (Phi) is 4.11. The van der Waals surface area contributed by atoms with Crippen LogP contribution in [-0.4, -0.2) is 20.3 Å². The van der Waals surface area contributed by atoms with Gasteiger partial charge in [-0.1, -0.05) is 12.1 Å². The average Bonchev–Trinajstić information content (AvgIpc) is 3.14. The number of carbonyl (C=O) groups excluding carboxylic acids is 1. The fourth-order valence-corrected chi connectivity index (χ4v) is 2.84. The predicted octanol–water partition coefficient (Wildman–Crippen LogP) is 2.66. The third-order valence-electron chi connectivity index (χ3n) is 3.65. The lowest BCUT2D eigenvalue weighted by Gasteiger charge is -2.09. The van der Waals surface area contributed by atoms with Crippen LogP contribution in [-0.2, 0) is 11.3 Å². The molecule has 0 bridgehead atoms. The summed E-state index contributed by atoms with van der Waals surface area (Å²) in [5.41, 5.74) is 2.29. The van der Waals surface area contributed by atoms with Crippen molar-refractivity contribution in [2.24, 2.45) is 10.2 Å². The SMILES string of the molecule is C#CCCC1(CCC(=O)NCc2cccc3nsnc23)N=N1. The number of benzene rings is 1. The van der Waals surface area contributed by atoms with Crippen LogP contribution in [0.4, 0.5) is 0 Å². The molecule has 22 heavy (non-hydrogen) atoms. The Bertz CT molecular complexity index is 755. The summed E-state index contributed by atoms with van der Waals surface area (Å²) in [5, 5.41) is 11.0. The number of rotatable bonds is 7. The molecule has 0 aliphatic carbocycles. The highest BCUT2D eigenvalue weighted by molar-refractivity contribution is 7.00. The molecule has 0 fully saturated rings. The Labute approximate surface area is 132 Å². The number of carbonyl (C=O) groups is 1. The molecule has 2 heterocycles. The van der Waals surface area contributed by atoms with E-state index in [1.54, 1.807) is 0 Å². The monoisotopic (exact) mass is 313 g/mol. The molecule has 1 aliphatic rings. The van der Waals surface area contributed by atoms with Crippen molar-refractivity contribution in [1.82, 2.24) is 14.1 Å². The topological polar surface area (TPSA) is 79.6 Å². The average molecular weight is 313 g/mol. The molecule has 1 amide bonds. The number of amides is 1. The van der Waals surface area contributed by atoms with Crippen molar-refractivity contribution < 1.29 is 4.79 Å². The first kappa shape index (κ1) is 14.6. The summed E-state index contributed by atoms with van der Waals surface area (Å²) in [6.45, 7) is 0.452. The summed E-state index contributed by atoms with van der Waals surface area (Å²) < 4.78 is 8.44. The number of fused-ring (bicyclic) bond motifs is 1. The highest BCUT2D eigenvalue weighted by Gasteiger charge is 2.39. The maximum Gasteiger partial charge on any atom is 0.220 e. The van der Waals surface area contributed by atoms with Gasteiger partial charge in [0, 0.05) is 37.8 Å². The standard InChI is InChI=1S/C15H15N5OS/c1-2-3-8-15(19-20-15)9-7-13(21)16-10-11-5-4-6-12-14(11)18-22-17-12/h1,4-6H,3,7-10H2,(H,16,21). The zero-order chi connectivity index (χ0) is 15.4. The molecule has 3 rings (SSSR count). The minimum atomic E-state index is -0.400. The van der Waals surface area contributed by atoms with Crippen LogP contribution in [0.5, 0.6) is 0 Å². The van der Waals surface area contributed by atoms with Crippen LogP contribution in [0, 0.1) is 12.3 Å². The lowest BCUT2D eigenvalue weighted by Crippen LogP contribution is -2.25. The van der Waals surface area contributed by atoms with E-state index in [1.807, 2.05) is 18.2 Å². The molecule has 1 aromatic heterocycles. The van der Waals surface area contributed by atoms with Crippen LogP contribution in [0.3, 0.4) is 0 Å². The van der Waals surface area contributed by atoms with Crippen molar-refractivity contribution in [1.29, 1.82) is 0 Å². The normalized spacial score (nSPS) is 14.7. The molecule has 2 aromatic rings. The predicted molar refractivity (Wildman–Crippen MR) is 84.1 cm³/mol. The van der Waals surface area contributed by atoms with Gasteiger partial charge in [0.05, 0.1) is 11.7 Å². The first-order chi connectivity index (χ1) is 10.7.